The maximum Gasteiger partial charge on any atom is 0.278 e. The molecule has 0 amide bonds. The van der Waals surface area contributed by atoms with Gasteiger partial charge in [-0.2, -0.15) is 5.26 Å². The fraction of sp³-hybridized carbons (Fsp3) is 0.143. The summed E-state index contributed by atoms with van der Waals surface area (Å²) in [6.45, 7) is 0. The fourth-order valence-corrected chi connectivity index (χ4v) is 2.61. The van der Waals surface area contributed by atoms with Crippen LogP contribution in [-0.4, -0.2) is 13.4 Å². The molecule has 0 radical (unpaired) electrons. The first kappa shape index (κ1) is 13.5. The molecule has 86 valence electrons. The van der Waals surface area contributed by atoms with Gasteiger partial charge in [-0.05, 0) is 28.7 Å². The molecule has 1 aromatic heterocycles. The Hall–Kier alpha value is -0.530. The molecule has 0 bridgehead atoms. The zero-order chi connectivity index (χ0) is 12.5. The predicted octanol–water partition coefficient (Wildman–Crippen LogP) is 2.42. The van der Waals surface area contributed by atoms with Gasteiger partial charge in [0, 0.05) is 14.3 Å². The van der Waals surface area contributed by atoms with E-state index in [-0.39, 0.29) is 3.57 Å². The van der Waals surface area contributed by atoms with Gasteiger partial charge in [0.15, 0.2) is 10.7 Å². The van der Waals surface area contributed by atoms with Crippen LogP contribution in [-0.2, 0) is 9.05 Å². The number of alkyl halides is 2. The number of rotatable bonds is 2. The summed E-state index contributed by atoms with van der Waals surface area (Å²) >= 11 is 1.50. The first-order chi connectivity index (χ1) is 7.27. The topological polar surface area (TPSA) is 70.8 Å². The van der Waals surface area contributed by atoms with Crippen molar-refractivity contribution in [1.29, 1.82) is 5.26 Å². The largest absolute Gasteiger partial charge is 0.278 e. The molecule has 0 unspecified atom stereocenters. The number of nitrogens with zero attached hydrogens (tertiary/aromatic N) is 2. The molecule has 1 aromatic rings. The third-order valence-electron chi connectivity index (χ3n) is 1.56. The van der Waals surface area contributed by atoms with Gasteiger partial charge in [0.05, 0.1) is 5.56 Å². The van der Waals surface area contributed by atoms with Gasteiger partial charge in [0.2, 0.25) is 0 Å². The Balaban J connectivity index is 3.59. The number of hydrogen-bond donors (Lipinski definition) is 0. The summed E-state index contributed by atoms with van der Waals surface area (Å²) < 4.78 is 46.9. The van der Waals surface area contributed by atoms with Crippen molar-refractivity contribution in [2.75, 3.05) is 0 Å². The number of hydrogen-bond acceptors (Lipinski definition) is 4. The second-order valence-corrected chi connectivity index (χ2v) is 6.23. The van der Waals surface area contributed by atoms with E-state index >= 15 is 0 Å². The predicted molar refractivity (Wildman–Crippen MR) is 59.7 cm³/mol. The Morgan fingerprint density at radius 2 is 2.12 bits per heavy atom. The molecular weight excluding hydrogens is 377 g/mol. The van der Waals surface area contributed by atoms with E-state index in [4.69, 9.17) is 15.9 Å². The highest BCUT2D eigenvalue weighted by Crippen LogP contribution is 2.29. The Labute approximate surface area is 108 Å². The first-order valence-corrected chi connectivity index (χ1v) is 6.99. The zero-order valence-corrected chi connectivity index (χ0v) is 11.0. The van der Waals surface area contributed by atoms with Crippen LogP contribution in [0.15, 0.2) is 11.1 Å². The van der Waals surface area contributed by atoms with Crippen molar-refractivity contribution < 1.29 is 17.2 Å². The van der Waals surface area contributed by atoms with Gasteiger partial charge in [-0.1, -0.05) is 0 Å². The molecule has 0 spiro atoms. The van der Waals surface area contributed by atoms with Crippen LogP contribution < -0.4 is 0 Å². The van der Waals surface area contributed by atoms with Crippen LogP contribution in [0.1, 0.15) is 17.7 Å². The van der Waals surface area contributed by atoms with Crippen LogP contribution in [0.2, 0.25) is 0 Å². The molecule has 1 rings (SSSR count). The second-order valence-electron chi connectivity index (χ2n) is 2.55. The van der Waals surface area contributed by atoms with Crippen molar-refractivity contribution in [1.82, 2.24) is 4.98 Å². The zero-order valence-electron chi connectivity index (χ0n) is 7.29. The van der Waals surface area contributed by atoms with Crippen LogP contribution in [0.25, 0.3) is 0 Å². The number of pyridine rings is 1. The van der Waals surface area contributed by atoms with Gasteiger partial charge < -0.3 is 0 Å². The van der Waals surface area contributed by atoms with E-state index in [0.29, 0.717) is 0 Å². The van der Waals surface area contributed by atoms with Crippen LogP contribution in [0, 0.1) is 14.9 Å². The molecule has 0 fully saturated rings. The van der Waals surface area contributed by atoms with Gasteiger partial charge in [0.1, 0.15) is 6.07 Å². The van der Waals surface area contributed by atoms with Gasteiger partial charge in [-0.25, -0.2) is 22.2 Å². The van der Waals surface area contributed by atoms with Crippen molar-refractivity contribution >= 4 is 42.3 Å². The third-order valence-corrected chi connectivity index (χ3v) is 3.63. The SMILES string of the molecule is N#Cc1nc(S(=O)(=O)Cl)cc(I)c1C(F)F. The average molecular weight is 379 g/mol. The summed E-state index contributed by atoms with van der Waals surface area (Å²) in [5.41, 5.74) is -1.23. The van der Waals surface area contributed by atoms with E-state index in [1.807, 2.05) is 0 Å². The third kappa shape index (κ3) is 2.78. The minimum Gasteiger partial charge on any atom is -0.224 e. The number of aromatic nitrogens is 1. The van der Waals surface area contributed by atoms with Crippen molar-refractivity contribution in [2.24, 2.45) is 0 Å². The standard InChI is InChI=1S/C7H2ClF2IN2O2S/c8-16(14,15)5-1-3(11)6(7(9)10)4(2-12)13-5/h1,7H. The molecule has 0 saturated heterocycles. The van der Waals surface area contributed by atoms with E-state index in [2.05, 4.69) is 4.98 Å². The second kappa shape index (κ2) is 4.77. The minimum absolute atomic E-state index is 0.0709. The fourth-order valence-electron chi connectivity index (χ4n) is 0.920. The van der Waals surface area contributed by atoms with Crippen LogP contribution >= 0.6 is 33.3 Å². The maximum atomic E-state index is 12.5. The minimum atomic E-state index is -4.14. The smallest absolute Gasteiger partial charge is 0.224 e. The Morgan fingerprint density at radius 3 is 2.50 bits per heavy atom. The number of nitriles is 1. The molecule has 0 saturated carbocycles. The first-order valence-electron chi connectivity index (χ1n) is 3.60. The molecule has 0 aliphatic carbocycles. The van der Waals surface area contributed by atoms with Crippen molar-refractivity contribution in [3.63, 3.8) is 0 Å². The van der Waals surface area contributed by atoms with E-state index in [0.717, 1.165) is 6.07 Å². The lowest BCUT2D eigenvalue weighted by molar-refractivity contribution is 0.149. The van der Waals surface area contributed by atoms with Gasteiger partial charge in [-0.15, -0.1) is 0 Å². The van der Waals surface area contributed by atoms with Crippen molar-refractivity contribution in [3.8, 4) is 6.07 Å². The van der Waals surface area contributed by atoms with Gasteiger partial charge in [-0.3, -0.25) is 0 Å². The lowest BCUT2D eigenvalue weighted by Crippen LogP contribution is -2.04. The molecule has 4 nitrogen and oxygen atoms in total. The Bertz CT molecular complexity index is 570. The molecule has 0 aliphatic rings. The van der Waals surface area contributed by atoms with E-state index in [9.17, 15) is 17.2 Å². The quantitative estimate of drug-likeness (QED) is 0.585. The van der Waals surface area contributed by atoms with Crippen LogP contribution in [0.4, 0.5) is 8.78 Å². The summed E-state index contributed by atoms with van der Waals surface area (Å²) in [5.74, 6) is 0. The van der Waals surface area contributed by atoms with Crippen molar-refractivity contribution in [3.05, 3.63) is 20.9 Å². The van der Waals surface area contributed by atoms with Gasteiger partial charge in [0.25, 0.3) is 15.5 Å². The van der Waals surface area contributed by atoms with E-state index in [1.165, 1.54) is 28.7 Å². The maximum absolute atomic E-state index is 12.5. The lowest BCUT2D eigenvalue weighted by Gasteiger charge is -2.06. The summed E-state index contributed by atoms with van der Waals surface area (Å²) in [4.78, 5) is 3.28. The Morgan fingerprint density at radius 1 is 1.56 bits per heavy atom. The van der Waals surface area contributed by atoms with Gasteiger partial charge >= 0.3 is 0 Å². The molecule has 1 heterocycles. The average Bonchev–Trinajstić information content (AvgIpc) is 2.14. The van der Waals surface area contributed by atoms with Crippen LogP contribution in [0.3, 0.4) is 0 Å². The highest BCUT2D eigenvalue weighted by molar-refractivity contribution is 14.1. The highest BCUT2D eigenvalue weighted by atomic mass is 127. The molecule has 9 heteroatoms. The molecular formula is C7H2ClF2IN2O2S. The normalized spacial score (nSPS) is 11.5. The summed E-state index contributed by atoms with van der Waals surface area (Å²) in [6, 6.07) is 2.31. The summed E-state index contributed by atoms with van der Waals surface area (Å²) in [6.07, 6.45) is -2.90. The number of halogens is 4. The van der Waals surface area contributed by atoms with Crippen LogP contribution in [0.5, 0.6) is 0 Å². The molecule has 0 N–H and O–H groups in total. The molecule has 0 aromatic carbocycles. The monoisotopic (exact) mass is 378 g/mol. The summed E-state index contributed by atoms with van der Waals surface area (Å²) in [7, 11) is 0.861. The lowest BCUT2D eigenvalue weighted by atomic mass is 10.2. The molecule has 16 heavy (non-hydrogen) atoms. The molecule has 0 aliphatic heterocycles. The van der Waals surface area contributed by atoms with E-state index < -0.39 is 31.8 Å². The highest BCUT2D eigenvalue weighted by Gasteiger charge is 2.23. The molecule has 0 atom stereocenters. The summed E-state index contributed by atoms with van der Waals surface area (Å²) in [5, 5.41) is 7.98. The van der Waals surface area contributed by atoms with E-state index in [1.54, 1.807) is 0 Å². The van der Waals surface area contributed by atoms with Crippen molar-refractivity contribution in [2.45, 2.75) is 11.5 Å². The Kier molecular flexibility index (Phi) is 4.03.